The van der Waals surface area contributed by atoms with Crippen LogP contribution in [-0.4, -0.2) is 17.8 Å². The first-order chi connectivity index (χ1) is 7.93. The van der Waals surface area contributed by atoms with Crippen LogP contribution in [-0.2, 0) is 11.2 Å². The number of amides is 1. The molecule has 0 spiro atoms. The van der Waals surface area contributed by atoms with Gasteiger partial charge in [0.05, 0.1) is 6.42 Å². The molecule has 0 saturated heterocycles. The summed E-state index contributed by atoms with van der Waals surface area (Å²) in [5.74, 6) is 0.0290. The fourth-order valence-corrected chi connectivity index (χ4v) is 1.69. The van der Waals surface area contributed by atoms with E-state index in [1.54, 1.807) is 6.07 Å². The number of carbonyl (C=O) groups is 1. The predicted molar refractivity (Wildman–Crippen MR) is 75.7 cm³/mol. The van der Waals surface area contributed by atoms with Crippen LogP contribution in [0.4, 0.5) is 0 Å². The van der Waals surface area contributed by atoms with Gasteiger partial charge in [-0.05, 0) is 23.1 Å². The first-order valence-corrected chi connectivity index (χ1v) is 7.00. The van der Waals surface area contributed by atoms with Crippen LogP contribution < -0.4 is 5.32 Å². The SMILES string of the molecule is CC(C)(CBr)CNC(=O)Cc1cccc(Cl)c1. The van der Waals surface area contributed by atoms with Crippen molar-refractivity contribution in [1.29, 1.82) is 0 Å². The molecule has 0 aromatic heterocycles. The van der Waals surface area contributed by atoms with Crippen molar-refractivity contribution in [3.05, 3.63) is 34.9 Å². The van der Waals surface area contributed by atoms with E-state index in [0.29, 0.717) is 18.0 Å². The van der Waals surface area contributed by atoms with E-state index >= 15 is 0 Å². The van der Waals surface area contributed by atoms with Gasteiger partial charge in [0.25, 0.3) is 0 Å². The highest BCUT2D eigenvalue weighted by Gasteiger charge is 2.17. The Morgan fingerprint density at radius 1 is 1.47 bits per heavy atom. The molecule has 0 radical (unpaired) electrons. The van der Waals surface area contributed by atoms with Crippen molar-refractivity contribution in [1.82, 2.24) is 5.32 Å². The highest BCUT2D eigenvalue weighted by Crippen LogP contribution is 2.16. The van der Waals surface area contributed by atoms with Crippen LogP contribution in [0.15, 0.2) is 24.3 Å². The molecule has 1 rings (SSSR count). The van der Waals surface area contributed by atoms with E-state index in [1.807, 2.05) is 18.2 Å². The van der Waals surface area contributed by atoms with E-state index in [1.165, 1.54) is 0 Å². The summed E-state index contributed by atoms with van der Waals surface area (Å²) >= 11 is 9.29. The lowest BCUT2D eigenvalue weighted by Crippen LogP contribution is -2.35. The molecular formula is C13H17BrClNO. The van der Waals surface area contributed by atoms with Crippen LogP contribution in [0.5, 0.6) is 0 Å². The van der Waals surface area contributed by atoms with Gasteiger partial charge in [0.2, 0.25) is 5.91 Å². The zero-order valence-corrected chi connectivity index (χ0v) is 12.4. The first kappa shape index (κ1) is 14.5. The number of nitrogens with one attached hydrogen (secondary N) is 1. The molecule has 0 bridgehead atoms. The second-order valence-electron chi connectivity index (χ2n) is 4.88. The summed E-state index contributed by atoms with van der Waals surface area (Å²) in [4.78, 5) is 11.7. The van der Waals surface area contributed by atoms with Gasteiger partial charge in [0, 0.05) is 16.9 Å². The minimum Gasteiger partial charge on any atom is -0.355 e. The van der Waals surface area contributed by atoms with Crippen molar-refractivity contribution in [3.63, 3.8) is 0 Å². The molecule has 1 amide bonds. The Balaban J connectivity index is 2.45. The van der Waals surface area contributed by atoms with Gasteiger partial charge in [-0.2, -0.15) is 0 Å². The van der Waals surface area contributed by atoms with Gasteiger partial charge >= 0.3 is 0 Å². The average Bonchev–Trinajstić information content (AvgIpc) is 2.27. The maximum absolute atomic E-state index is 11.7. The topological polar surface area (TPSA) is 29.1 Å². The number of rotatable bonds is 5. The summed E-state index contributed by atoms with van der Waals surface area (Å²) in [5, 5.41) is 4.45. The molecule has 1 N–H and O–H groups in total. The standard InChI is InChI=1S/C13H17BrClNO/c1-13(2,8-14)9-16-12(17)7-10-4-3-5-11(15)6-10/h3-6H,7-9H2,1-2H3,(H,16,17). The summed E-state index contributed by atoms with van der Waals surface area (Å²) in [5.41, 5.74) is 1.01. The number of hydrogen-bond donors (Lipinski definition) is 1. The maximum Gasteiger partial charge on any atom is 0.224 e. The Hall–Kier alpha value is -0.540. The highest BCUT2D eigenvalue weighted by molar-refractivity contribution is 9.09. The van der Waals surface area contributed by atoms with E-state index in [-0.39, 0.29) is 11.3 Å². The van der Waals surface area contributed by atoms with Crippen molar-refractivity contribution in [2.24, 2.45) is 5.41 Å². The second-order valence-corrected chi connectivity index (χ2v) is 5.88. The summed E-state index contributed by atoms with van der Waals surface area (Å²) < 4.78 is 0. The van der Waals surface area contributed by atoms with Crippen molar-refractivity contribution in [3.8, 4) is 0 Å². The predicted octanol–water partition coefficient (Wildman–Crippen LogP) is 3.42. The van der Waals surface area contributed by atoms with Crippen molar-refractivity contribution < 1.29 is 4.79 Å². The third kappa shape index (κ3) is 5.55. The summed E-state index contributed by atoms with van der Waals surface area (Å²) in [6, 6.07) is 7.38. The zero-order valence-electron chi connectivity index (χ0n) is 10.1. The molecule has 4 heteroatoms. The second kappa shape index (κ2) is 6.41. The molecule has 0 unspecified atom stereocenters. The highest BCUT2D eigenvalue weighted by atomic mass is 79.9. The molecule has 1 aromatic carbocycles. The molecule has 17 heavy (non-hydrogen) atoms. The summed E-state index contributed by atoms with van der Waals surface area (Å²) in [6.07, 6.45) is 0.374. The minimum atomic E-state index is 0.0290. The van der Waals surface area contributed by atoms with Crippen LogP contribution in [0.2, 0.25) is 5.02 Å². The third-order valence-electron chi connectivity index (χ3n) is 2.38. The van der Waals surface area contributed by atoms with Gasteiger partial charge in [-0.15, -0.1) is 0 Å². The lowest BCUT2D eigenvalue weighted by molar-refractivity contribution is -0.120. The van der Waals surface area contributed by atoms with E-state index in [4.69, 9.17) is 11.6 Å². The Bertz CT molecular complexity index is 393. The molecule has 0 saturated carbocycles. The van der Waals surface area contributed by atoms with Gasteiger partial charge < -0.3 is 5.32 Å². The molecular weight excluding hydrogens is 302 g/mol. The van der Waals surface area contributed by atoms with E-state index in [9.17, 15) is 4.79 Å². The number of alkyl halides is 1. The summed E-state index contributed by atoms with van der Waals surface area (Å²) in [7, 11) is 0. The van der Waals surface area contributed by atoms with Gasteiger partial charge in [-0.25, -0.2) is 0 Å². The normalized spacial score (nSPS) is 11.3. The Morgan fingerprint density at radius 2 is 2.18 bits per heavy atom. The van der Waals surface area contributed by atoms with Crippen molar-refractivity contribution in [2.75, 3.05) is 11.9 Å². The van der Waals surface area contributed by atoms with Crippen LogP contribution in [0.3, 0.4) is 0 Å². The molecule has 1 aromatic rings. The van der Waals surface area contributed by atoms with Crippen LogP contribution in [0.25, 0.3) is 0 Å². The van der Waals surface area contributed by atoms with Crippen LogP contribution >= 0.6 is 27.5 Å². The van der Waals surface area contributed by atoms with Crippen LogP contribution in [0.1, 0.15) is 19.4 Å². The van der Waals surface area contributed by atoms with Crippen LogP contribution in [0, 0.1) is 5.41 Å². The smallest absolute Gasteiger partial charge is 0.224 e. The van der Waals surface area contributed by atoms with Crippen molar-refractivity contribution in [2.45, 2.75) is 20.3 Å². The number of halogens is 2. The Labute approximate surface area is 116 Å². The van der Waals surface area contributed by atoms with E-state index in [0.717, 1.165) is 10.9 Å². The largest absolute Gasteiger partial charge is 0.355 e. The molecule has 2 nitrogen and oxygen atoms in total. The van der Waals surface area contributed by atoms with E-state index < -0.39 is 0 Å². The van der Waals surface area contributed by atoms with E-state index in [2.05, 4.69) is 35.1 Å². The molecule has 0 atom stereocenters. The fraction of sp³-hybridized carbons (Fsp3) is 0.462. The van der Waals surface area contributed by atoms with Gasteiger partial charge in [0.15, 0.2) is 0 Å². The lowest BCUT2D eigenvalue weighted by Gasteiger charge is -2.21. The molecule has 0 heterocycles. The monoisotopic (exact) mass is 317 g/mol. The number of benzene rings is 1. The molecule has 0 aliphatic carbocycles. The fourth-order valence-electron chi connectivity index (χ4n) is 1.28. The molecule has 0 aliphatic heterocycles. The number of carbonyl (C=O) groups excluding carboxylic acids is 1. The molecule has 0 aliphatic rings. The maximum atomic E-state index is 11.7. The molecule has 0 fully saturated rings. The quantitative estimate of drug-likeness (QED) is 0.828. The summed E-state index contributed by atoms with van der Waals surface area (Å²) in [6.45, 7) is 4.86. The average molecular weight is 319 g/mol. The zero-order chi connectivity index (χ0) is 12.9. The minimum absolute atomic E-state index is 0.0290. The first-order valence-electron chi connectivity index (χ1n) is 5.50. The van der Waals surface area contributed by atoms with Gasteiger partial charge in [-0.3, -0.25) is 4.79 Å². The van der Waals surface area contributed by atoms with Gasteiger partial charge in [0.1, 0.15) is 0 Å². The van der Waals surface area contributed by atoms with Crippen molar-refractivity contribution >= 4 is 33.4 Å². The third-order valence-corrected chi connectivity index (χ3v) is 4.13. The Kier molecular flexibility index (Phi) is 5.47. The number of hydrogen-bond acceptors (Lipinski definition) is 1. The molecule has 94 valence electrons. The Morgan fingerprint density at radius 3 is 2.76 bits per heavy atom. The lowest BCUT2D eigenvalue weighted by atomic mass is 9.97. The van der Waals surface area contributed by atoms with Gasteiger partial charge in [-0.1, -0.05) is 53.5 Å².